The minimum absolute atomic E-state index is 0.0267. The van der Waals surface area contributed by atoms with E-state index in [0.29, 0.717) is 24.5 Å². The van der Waals surface area contributed by atoms with E-state index in [1.54, 1.807) is 16.8 Å². The summed E-state index contributed by atoms with van der Waals surface area (Å²) < 4.78 is 9.88. The monoisotopic (exact) mass is 319 g/mol. The van der Waals surface area contributed by atoms with Gasteiger partial charge >= 0.3 is 6.03 Å². The largest absolute Gasteiger partial charge is 0.451 e. The van der Waals surface area contributed by atoms with E-state index in [9.17, 15) is 9.59 Å². The van der Waals surface area contributed by atoms with Gasteiger partial charge in [0, 0.05) is 20.1 Å². The van der Waals surface area contributed by atoms with Crippen molar-refractivity contribution in [1.29, 1.82) is 0 Å². The second-order valence-electron chi connectivity index (χ2n) is 5.34. The fraction of sp³-hybridized carbons (Fsp3) is 0.429. The normalized spacial score (nSPS) is 14.6. The van der Waals surface area contributed by atoms with Gasteiger partial charge in [0.25, 0.3) is 0 Å². The highest BCUT2D eigenvalue weighted by molar-refractivity contribution is 5.85. The molecule has 0 spiro atoms. The van der Waals surface area contributed by atoms with E-state index < -0.39 is 0 Å². The molecular weight excluding hydrogens is 302 g/mol. The predicted molar refractivity (Wildman–Crippen MR) is 76.9 cm³/mol. The average Bonchev–Trinajstić information content (AvgIpc) is 3.27. The molecule has 3 rings (SSSR count). The number of carbonyl (C=O) groups is 2. The topological polar surface area (TPSA) is 95.9 Å². The van der Waals surface area contributed by atoms with E-state index in [-0.39, 0.29) is 31.6 Å². The fourth-order valence-electron chi connectivity index (χ4n) is 2.37. The van der Waals surface area contributed by atoms with Crippen molar-refractivity contribution in [2.24, 2.45) is 0 Å². The van der Waals surface area contributed by atoms with Crippen LogP contribution in [-0.4, -0.2) is 63.3 Å². The molecule has 0 N–H and O–H groups in total. The van der Waals surface area contributed by atoms with Crippen molar-refractivity contribution in [3.63, 3.8) is 0 Å². The van der Waals surface area contributed by atoms with Gasteiger partial charge in [-0.2, -0.15) is 0 Å². The summed E-state index contributed by atoms with van der Waals surface area (Å²) >= 11 is 0. The molecule has 0 bridgehead atoms. The van der Waals surface area contributed by atoms with Gasteiger partial charge in [-0.1, -0.05) is 0 Å². The SMILES string of the molecule is CN1CCN(CC(=O)N(Cc2cocn2)Cc2cocn2)C1=O. The summed E-state index contributed by atoms with van der Waals surface area (Å²) in [5, 5.41) is 0. The highest BCUT2D eigenvalue weighted by Crippen LogP contribution is 2.11. The number of likely N-dealkylation sites (N-methyl/N-ethyl adjacent to an activating group) is 1. The fourth-order valence-corrected chi connectivity index (χ4v) is 2.37. The van der Waals surface area contributed by atoms with Gasteiger partial charge in [-0.3, -0.25) is 4.79 Å². The van der Waals surface area contributed by atoms with Crippen LogP contribution in [0.15, 0.2) is 34.1 Å². The molecule has 122 valence electrons. The van der Waals surface area contributed by atoms with Crippen molar-refractivity contribution >= 4 is 11.9 Å². The second kappa shape index (κ2) is 6.51. The number of hydrogen-bond donors (Lipinski definition) is 0. The quantitative estimate of drug-likeness (QED) is 0.772. The smallest absolute Gasteiger partial charge is 0.320 e. The minimum atomic E-state index is -0.181. The maximum absolute atomic E-state index is 12.6. The second-order valence-corrected chi connectivity index (χ2v) is 5.34. The number of amides is 3. The lowest BCUT2D eigenvalue weighted by atomic mass is 10.3. The molecule has 1 aliphatic heterocycles. The molecule has 0 aromatic carbocycles. The molecule has 3 amide bonds. The van der Waals surface area contributed by atoms with Crippen molar-refractivity contribution in [2.75, 3.05) is 26.7 Å². The van der Waals surface area contributed by atoms with E-state index in [4.69, 9.17) is 8.83 Å². The molecule has 0 aliphatic carbocycles. The minimum Gasteiger partial charge on any atom is -0.451 e. The van der Waals surface area contributed by atoms with E-state index in [1.807, 2.05) is 0 Å². The summed E-state index contributed by atoms with van der Waals surface area (Å²) in [5.41, 5.74) is 1.26. The van der Waals surface area contributed by atoms with Crippen LogP contribution in [0.4, 0.5) is 4.79 Å². The molecule has 23 heavy (non-hydrogen) atoms. The first-order valence-electron chi connectivity index (χ1n) is 7.15. The van der Waals surface area contributed by atoms with Crippen LogP contribution in [0.2, 0.25) is 0 Å². The van der Waals surface area contributed by atoms with Crippen LogP contribution in [0.3, 0.4) is 0 Å². The summed E-state index contributed by atoms with van der Waals surface area (Å²) in [7, 11) is 1.72. The Kier molecular flexibility index (Phi) is 4.26. The lowest BCUT2D eigenvalue weighted by Gasteiger charge is -2.23. The third kappa shape index (κ3) is 3.50. The van der Waals surface area contributed by atoms with Crippen LogP contribution in [0.1, 0.15) is 11.4 Å². The lowest BCUT2D eigenvalue weighted by Crippen LogP contribution is -2.41. The van der Waals surface area contributed by atoms with Gasteiger partial charge in [-0.05, 0) is 0 Å². The number of aromatic nitrogens is 2. The Labute approximate surface area is 132 Å². The van der Waals surface area contributed by atoms with Crippen LogP contribution in [0, 0.1) is 0 Å². The molecule has 1 aliphatic rings. The number of nitrogens with zero attached hydrogens (tertiary/aromatic N) is 5. The van der Waals surface area contributed by atoms with Gasteiger partial charge < -0.3 is 23.5 Å². The summed E-state index contributed by atoms with van der Waals surface area (Å²) in [6.45, 7) is 1.75. The Balaban J connectivity index is 1.68. The zero-order valence-corrected chi connectivity index (χ0v) is 12.7. The summed E-state index contributed by atoms with van der Waals surface area (Å²) in [6, 6.07) is -0.138. The first kappa shape index (κ1) is 15.1. The zero-order valence-electron chi connectivity index (χ0n) is 12.7. The number of carbonyl (C=O) groups excluding carboxylic acids is 2. The molecule has 1 saturated heterocycles. The molecule has 2 aromatic rings. The van der Waals surface area contributed by atoms with Crippen molar-refractivity contribution < 1.29 is 18.4 Å². The van der Waals surface area contributed by atoms with Crippen LogP contribution < -0.4 is 0 Å². The predicted octanol–water partition coefficient (Wildman–Crippen LogP) is 0.559. The maximum Gasteiger partial charge on any atom is 0.320 e. The Hall–Kier alpha value is -2.84. The van der Waals surface area contributed by atoms with E-state index >= 15 is 0 Å². The third-order valence-electron chi connectivity index (χ3n) is 3.65. The Morgan fingerprint density at radius 2 is 1.78 bits per heavy atom. The standard InChI is InChI=1S/C14H17N5O4/c1-17-2-3-18(14(17)21)6-13(20)19(4-11-7-22-9-15-11)5-12-8-23-10-16-12/h7-10H,2-6H2,1H3. The van der Waals surface area contributed by atoms with Gasteiger partial charge in [0.15, 0.2) is 12.8 Å². The number of urea groups is 1. The average molecular weight is 319 g/mol. The summed E-state index contributed by atoms with van der Waals surface area (Å²) in [6.07, 6.45) is 5.59. The Bertz CT molecular complexity index is 619. The molecule has 9 nitrogen and oxygen atoms in total. The van der Waals surface area contributed by atoms with Crippen LogP contribution in [0.25, 0.3) is 0 Å². The highest BCUT2D eigenvalue weighted by atomic mass is 16.3. The van der Waals surface area contributed by atoms with Crippen molar-refractivity contribution in [2.45, 2.75) is 13.1 Å². The van der Waals surface area contributed by atoms with E-state index in [0.717, 1.165) is 0 Å². The Morgan fingerprint density at radius 3 is 2.22 bits per heavy atom. The first-order valence-corrected chi connectivity index (χ1v) is 7.15. The van der Waals surface area contributed by atoms with Crippen molar-refractivity contribution in [3.05, 3.63) is 36.7 Å². The zero-order chi connectivity index (χ0) is 16.2. The van der Waals surface area contributed by atoms with Crippen molar-refractivity contribution in [1.82, 2.24) is 24.7 Å². The molecule has 0 radical (unpaired) electrons. The summed E-state index contributed by atoms with van der Waals surface area (Å²) in [5.74, 6) is -0.181. The van der Waals surface area contributed by atoms with Crippen LogP contribution in [-0.2, 0) is 17.9 Å². The molecule has 0 atom stereocenters. The number of rotatable bonds is 6. The summed E-state index contributed by atoms with van der Waals surface area (Å²) in [4.78, 5) is 37.3. The van der Waals surface area contributed by atoms with Gasteiger partial charge in [0.05, 0.1) is 24.5 Å². The molecule has 3 heterocycles. The van der Waals surface area contributed by atoms with Gasteiger partial charge in [0.2, 0.25) is 5.91 Å². The maximum atomic E-state index is 12.6. The van der Waals surface area contributed by atoms with Gasteiger partial charge in [0.1, 0.15) is 19.1 Å². The molecule has 2 aromatic heterocycles. The lowest BCUT2D eigenvalue weighted by molar-refractivity contribution is -0.133. The van der Waals surface area contributed by atoms with Crippen LogP contribution in [0.5, 0.6) is 0 Å². The third-order valence-corrected chi connectivity index (χ3v) is 3.65. The van der Waals surface area contributed by atoms with Crippen molar-refractivity contribution in [3.8, 4) is 0 Å². The van der Waals surface area contributed by atoms with Gasteiger partial charge in [-0.15, -0.1) is 0 Å². The molecular formula is C14H17N5O4. The number of oxazole rings is 2. The van der Waals surface area contributed by atoms with E-state index in [1.165, 1.54) is 30.2 Å². The first-order chi connectivity index (χ1) is 11.1. The molecule has 0 unspecified atom stereocenters. The molecule has 0 saturated carbocycles. The molecule has 1 fully saturated rings. The Morgan fingerprint density at radius 1 is 1.17 bits per heavy atom. The van der Waals surface area contributed by atoms with E-state index in [2.05, 4.69) is 9.97 Å². The highest BCUT2D eigenvalue weighted by Gasteiger charge is 2.29. The van der Waals surface area contributed by atoms with Crippen LogP contribution >= 0.6 is 0 Å². The number of hydrogen-bond acceptors (Lipinski definition) is 6. The molecule has 9 heteroatoms. The van der Waals surface area contributed by atoms with Gasteiger partial charge in [-0.25, -0.2) is 14.8 Å².